The minimum atomic E-state index is 1.07. The average Bonchev–Trinajstić information content (AvgIpc) is 2.54. The van der Waals surface area contributed by atoms with Gasteiger partial charge in [0.2, 0.25) is 5.69 Å². The van der Waals surface area contributed by atoms with E-state index in [-0.39, 0.29) is 0 Å². The molecule has 0 N–H and O–H groups in total. The highest BCUT2D eigenvalue weighted by Crippen LogP contribution is 2.20. The second-order valence-electron chi connectivity index (χ2n) is 3.87. The highest BCUT2D eigenvalue weighted by molar-refractivity contribution is 5.40. The first-order chi connectivity index (χ1) is 6.84. The summed E-state index contributed by atoms with van der Waals surface area (Å²) in [5, 5.41) is 0. The Morgan fingerprint density at radius 3 is 2.93 bits per heavy atom. The lowest BCUT2D eigenvalue weighted by Gasteiger charge is -1.94. The maximum absolute atomic E-state index is 2.28. The van der Waals surface area contributed by atoms with Gasteiger partial charge in [0, 0.05) is 23.8 Å². The highest BCUT2D eigenvalue weighted by atomic mass is 15.0. The van der Waals surface area contributed by atoms with E-state index in [2.05, 4.69) is 54.1 Å². The van der Waals surface area contributed by atoms with Crippen LogP contribution in [0.4, 0.5) is 0 Å². The Morgan fingerprint density at radius 2 is 2.00 bits per heavy atom. The Kier molecular flexibility index (Phi) is 1.48. The molecule has 1 aromatic heterocycles. The van der Waals surface area contributed by atoms with Crippen LogP contribution in [-0.4, -0.2) is 0 Å². The number of aromatic nitrogens is 1. The largest absolute Gasteiger partial charge is 0.214 e. The predicted molar refractivity (Wildman–Crippen MR) is 55.5 cm³/mol. The van der Waals surface area contributed by atoms with Crippen LogP contribution in [0.5, 0.6) is 0 Å². The van der Waals surface area contributed by atoms with Gasteiger partial charge in [0.05, 0.1) is 6.42 Å². The van der Waals surface area contributed by atoms with Gasteiger partial charge in [0.25, 0.3) is 0 Å². The molecule has 0 unspecified atom stereocenters. The van der Waals surface area contributed by atoms with Gasteiger partial charge in [-0.25, -0.2) is 0 Å². The quantitative estimate of drug-likeness (QED) is 0.469. The van der Waals surface area contributed by atoms with Crippen molar-refractivity contribution in [2.24, 2.45) is 0 Å². The molecule has 0 fully saturated rings. The summed E-state index contributed by atoms with van der Waals surface area (Å²) in [6.07, 6.45) is 3.23. The molecule has 0 spiro atoms. The fourth-order valence-electron chi connectivity index (χ4n) is 2.13. The number of rotatable bonds is 0. The van der Waals surface area contributed by atoms with Gasteiger partial charge in [-0.2, -0.15) is 4.57 Å². The Labute approximate surface area is 83.6 Å². The van der Waals surface area contributed by atoms with Crippen LogP contribution in [0.15, 0.2) is 42.6 Å². The molecule has 1 heteroatoms. The third-order valence-electron chi connectivity index (χ3n) is 2.81. The molecule has 1 aliphatic rings. The van der Waals surface area contributed by atoms with Crippen LogP contribution in [0.1, 0.15) is 16.8 Å². The van der Waals surface area contributed by atoms with Gasteiger partial charge in [-0.1, -0.05) is 18.2 Å². The molecule has 0 radical (unpaired) electrons. The molecule has 1 aliphatic heterocycles. The van der Waals surface area contributed by atoms with Crippen LogP contribution in [0.25, 0.3) is 5.69 Å². The van der Waals surface area contributed by atoms with Crippen LogP contribution < -0.4 is 4.57 Å². The highest BCUT2D eigenvalue weighted by Gasteiger charge is 2.25. The van der Waals surface area contributed by atoms with Gasteiger partial charge in [-0.3, -0.25) is 0 Å². The minimum Gasteiger partial charge on any atom is -0.164 e. The normalized spacial score (nSPS) is 12.4. The summed E-state index contributed by atoms with van der Waals surface area (Å²) in [7, 11) is 0. The van der Waals surface area contributed by atoms with E-state index in [1.54, 1.807) is 0 Å². The van der Waals surface area contributed by atoms with Crippen molar-refractivity contribution < 1.29 is 4.57 Å². The lowest BCUT2D eigenvalue weighted by atomic mass is 10.1. The Morgan fingerprint density at radius 1 is 1.14 bits per heavy atom. The lowest BCUT2D eigenvalue weighted by molar-refractivity contribution is -0.597. The van der Waals surface area contributed by atoms with Gasteiger partial charge >= 0.3 is 0 Å². The van der Waals surface area contributed by atoms with Gasteiger partial charge in [0.1, 0.15) is 0 Å². The molecule has 3 rings (SSSR count). The number of para-hydroxylation sites is 1. The SMILES string of the molecule is Cc1cc[n+]2c(c1)Cc1ccccc1-2. The van der Waals surface area contributed by atoms with Crippen molar-refractivity contribution in [1.29, 1.82) is 0 Å². The van der Waals surface area contributed by atoms with E-state index in [0.29, 0.717) is 0 Å². The van der Waals surface area contributed by atoms with Crippen molar-refractivity contribution in [2.75, 3.05) is 0 Å². The molecule has 2 aromatic rings. The fraction of sp³-hybridized carbons (Fsp3) is 0.154. The summed E-state index contributed by atoms with van der Waals surface area (Å²) in [4.78, 5) is 0. The first-order valence-corrected chi connectivity index (χ1v) is 4.94. The van der Waals surface area contributed by atoms with E-state index < -0.39 is 0 Å². The smallest absolute Gasteiger partial charge is 0.164 e. The van der Waals surface area contributed by atoms with Crippen molar-refractivity contribution in [3.05, 3.63) is 59.4 Å². The first-order valence-electron chi connectivity index (χ1n) is 4.94. The lowest BCUT2D eigenvalue weighted by Crippen LogP contribution is -2.30. The zero-order valence-corrected chi connectivity index (χ0v) is 8.20. The molecule has 0 saturated carbocycles. The second kappa shape index (κ2) is 2.68. The Balaban J connectivity index is 2.27. The minimum absolute atomic E-state index is 1.07. The Hall–Kier alpha value is -1.63. The standard InChI is InChI=1S/C13H12N/c1-10-6-7-14-12(8-10)9-11-4-2-3-5-13(11)14/h2-8H,9H2,1H3/q+1. The molecule has 68 valence electrons. The summed E-state index contributed by atoms with van der Waals surface area (Å²) in [6.45, 7) is 2.14. The van der Waals surface area contributed by atoms with Crippen molar-refractivity contribution in [3.8, 4) is 5.69 Å². The molecular weight excluding hydrogens is 170 g/mol. The van der Waals surface area contributed by atoms with Crippen molar-refractivity contribution in [2.45, 2.75) is 13.3 Å². The summed E-state index contributed by atoms with van der Waals surface area (Å²) in [6, 6.07) is 13.0. The van der Waals surface area contributed by atoms with Crippen molar-refractivity contribution >= 4 is 0 Å². The first kappa shape index (κ1) is 7.74. The monoisotopic (exact) mass is 182 g/mol. The van der Waals surface area contributed by atoms with E-state index in [1.807, 2.05) is 0 Å². The van der Waals surface area contributed by atoms with Crippen LogP contribution in [0.2, 0.25) is 0 Å². The summed E-state index contributed by atoms with van der Waals surface area (Å²) < 4.78 is 2.28. The zero-order chi connectivity index (χ0) is 9.54. The van der Waals surface area contributed by atoms with Crippen LogP contribution in [-0.2, 0) is 6.42 Å². The van der Waals surface area contributed by atoms with Crippen molar-refractivity contribution in [1.82, 2.24) is 0 Å². The number of nitrogens with zero attached hydrogens (tertiary/aromatic N) is 1. The zero-order valence-electron chi connectivity index (χ0n) is 8.20. The van der Waals surface area contributed by atoms with Gasteiger partial charge in [-0.05, 0) is 12.5 Å². The molecule has 0 aliphatic carbocycles. The molecule has 1 aromatic carbocycles. The van der Waals surface area contributed by atoms with E-state index in [1.165, 1.54) is 22.5 Å². The van der Waals surface area contributed by atoms with Gasteiger partial charge in [-0.15, -0.1) is 0 Å². The molecular formula is C13H12N+. The number of hydrogen-bond acceptors (Lipinski definition) is 0. The van der Waals surface area contributed by atoms with E-state index in [0.717, 1.165) is 6.42 Å². The molecule has 14 heavy (non-hydrogen) atoms. The van der Waals surface area contributed by atoms with Crippen molar-refractivity contribution in [3.63, 3.8) is 0 Å². The number of pyridine rings is 1. The van der Waals surface area contributed by atoms with Crippen LogP contribution in [0, 0.1) is 6.92 Å². The summed E-state index contributed by atoms with van der Waals surface area (Å²) in [5.41, 5.74) is 5.50. The topological polar surface area (TPSA) is 3.88 Å². The maximum Gasteiger partial charge on any atom is 0.214 e. The maximum atomic E-state index is 2.28. The third kappa shape index (κ3) is 0.987. The molecule has 2 heterocycles. The van der Waals surface area contributed by atoms with Crippen LogP contribution >= 0.6 is 0 Å². The molecule has 0 saturated heterocycles. The molecule has 0 bridgehead atoms. The van der Waals surface area contributed by atoms with E-state index >= 15 is 0 Å². The summed E-state index contributed by atoms with van der Waals surface area (Å²) in [5.74, 6) is 0. The molecule has 1 nitrogen and oxygen atoms in total. The van der Waals surface area contributed by atoms with Crippen LogP contribution in [0.3, 0.4) is 0 Å². The number of aryl methyl sites for hydroxylation is 1. The number of hydrogen-bond donors (Lipinski definition) is 0. The number of fused-ring (bicyclic) bond motifs is 3. The second-order valence-corrected chi connectivity index (χ2v) is 3.87. The predicted octanol–water partition coefficient (Wildman–Crippen LogP) is 2.18. The third-order valence-corrected chi connectivity index (χ3v) is 2.81. The van der Waals surface area contributed by atoms with E-state index in [9.17, 15) is 0 Å². The van der Waals surface area contributed by atoms with E-state index in [4.69, 9.17) is 0 Å². The van der Waals surface area contributed by atoms with Gasteiger partial charge < -0.3 is 0 Å². The Bertz CT molecular complexity index is 500. The van der Waals surface area contributed by atoms with Gasteiger partial charge in [0.15, 0.2) is 11.9 Å². The fourth-order valence-corrected chi connectivity index (χ4v) is 2.13. The average molecular weight is 182 g/mol. The summed E-state index contributed by atoms with van der Waals surface area (Å²) >= 11 is 0. The molecule has 0 amide bonds. The number of benzene rings is 1. The molecule has 0 atom stereocenters.